The highest BCUT2D eigenvalue weighted by atomic mass is 16.6. The Balaban J connectivity index is 2.95. The Morgan fingerprint density at radius 1 is 1.32 bits per heavy atom. The van der Waals surface area contributed by atoms with Crippen LogP contribution in [-0.2, 0) is 9.47 Å². The van der Waals surface area contributed by atoms with E-state index in [4.69, 9.17) is 15.2 Å². The smallest absolute Gasteiger partial charge is 0.276 e. The quantitative estimate of drug-likeness (QED) is 0.547. The minimum Gasteiger partial charge on any atom is -0.383 e. The summed E-state index contributed by atoms with van der Waals surface area (Å²) in [5.41, 5.74) is 5.51. The van der Waals surface area contributed by atoms with E-state index < -0.39 is 4.92 Å². The van der Waals surface area contributed by atoms with Gasteiger partial charge < -0.3 is 20.1 Å². The number of nitrogens with two attached hydrogens (primary N) is 1. The topological polar surface area (TPSA) is 104 Å². The molecule has 0 saturated carbocycles. The van der Waals surface area contributed by atoms with Gasteiger partial charge in [0.15, 0.2) is 0 Å². The van der Waals surface area contributed by atoms with E-state index in [9.17, 15) is 10.1 Å². The maximum absolute atomic E-state index is 10.8. The Labute approximate surface area is 111 Å². The van der Waals surface area contributed by atoms with E-state index in [2.05, 4.69) is 4.98 Å². The van der Waals surface area contributed by atoms with E-state index in [0.717, 1.165) is 0 Å². The number of pyridine rings is 1. The summed E-state index contributed by atoms with van der Waals surface area (Å²) in [5.74, 6) is 0.560. The number of nitro groups is 1. The molecule has 106 valence electrons. The van der Waals surface area contributed by atoms with Gasteiger partial charge in [-0.3, -0.25) is 10.1 Å². The van der Waals surface area contributed by atoms with E-state index in [1.807, 2.05) is 4.90 Å². The predicted octanol–water partition coefficient (Wildman–Crippen LogP) is 0.671. The Hall–Kier alpha value is -1.93. The molecule has 0 aromatic carbocycles. The van der Waals surface area contributed by atoms with Gasteiger partial charge in [-0.25, -0.2) is 4.98 Å². The highest BCUT2D eigenvalue weighted by Gasteiger charge is 2.14. The van der Waals surface area contributed by atoms with Crippen molar-refractivity contribution in [2.75, 3.05) is 51.2 Å². The number of hydrogen-bond acceptors (Lipinski definition) is 7. The SMILES string of the molecule is COCCN(CCOC)c1cc([N+](=O)[O-])cc(N)n1. The predicted molar refractivity (Wildman–Crippen MR) is 71.3 cm³/mol. The summed E-state index contributed by atoms with van der Waals surface area (Å²) < 4.78 is 10.0. The number of methoxy groups -OCH3 is 2. The summed E-state index contributed by atoms with van der Waals surface area (Å²) >= 11 is 0. The van der Waals surface area contributed by atoms with Crippen LogP contribution in [0.5, 0.6) is 0 Å². The van der Waals surface area contributed by atoms with E-state index in [1.165, 1.54) is 12.1 Å². The second-order valence-corrected chi connectivity index (χ2v) is 3.84. The van der Waals surface area contributed by atoms with Crippen molar-refractivity contribution < 1.29 is 14.4 Å². The fourth-order valence-electron chi connectivity index (χ4n) is 1.53. The molecule has 0 aliphatic carbocycles. The molecule has 1 aromatic rings. The Morgan fingerprint density at radius 2 is 1.89 bits per heavy atom. The third-order valence-corrected chi connectivity index (χ3v) is 2.48. The largest absolute Gasteiger partial charge is 0.383 e. The van der Waals surface area contributed by atoms with E-state index >= 15 is 0 Å². The number of nitrogens with zero attached hydrogens (tertiary/aromatic N) is 3. The monoisotopic (exact) mass is 270 g/mol. The molecule has 0 bridgehead atoms. The number of anilines is 2. The summed E-state index contributed by atoms with van der Waals surface area (Å²) in [6.07, 6.45) is 0. The summed E-state index contributed by atoms with van der Waals surface area (Å²) in [5, 5.41) is 10.8. The molecule has 0 unspecified atom stereocenters. The standard InChI is InChI=1S/C11H18N4O4/c1-18-5-3-14(4-6-19-2)11-8-9(15(16)17)7-10(12)13-11/h7-8H,3-6H2,1-2H3,(H2,12,13). The summed E-state index contributed by atoms with van der Waals surface area (Å²) in [6.45, 7) is 2.06. The lowest BCUT2D eigenvalue weighted by Gasteiger charge is -2.23. The molecule has 0 atom stereocenters. The zero-order valence-corrected chi connectivity index (χ0v) is 11.0. The fraction of sp³-hybridized carbons (Fsp3) is 0.545. The third kappa shape index (κ3) is 4.68. The zero-order valence-electron chi connectivity index (χ0n) is 11.0. The van der Waals surface area contributed by atoms with Crippen molar-refractivity contribution in [1.82, 2.24) is 4.98 Å². The molecule has 1 rings (SSSR count). The second kappa shape index (κ2) is 7.49. The van der Waals surface area contributed by atoms with Gasteiger partial charge in [-0.1, -0.05) is 0 Å². The molecule has 0 aliphatic heterocycles. The maximum Gasteiger partial charge on any atom is 0.276 e. The van der Waals surface area contributed by atoms with Crippen LogP contribution in [0.15, 0.2) is 12.1 Å². The van der Waals surface area contributed by atoms with Crippen LogP contribution in [0.3, 0.4) is 0 Å². The van der Waals surface area contributed by atoms with Gasteiger partial charge in [-0.05, 0) is 0 Å². The maximum atomic E-state index is 10.8. The lowest BCUT2D eigenvalue weighted by atomic mass is 10.3. The van der Waals surface area contributed by atoms with Gasteiger partial charge in [0.05, 0.1) is 30.3 Å². The average molecular weight is 270 g/mol. The lowest BCUT2D eigenvalue weighted by Crippen LogP contribution is -2.31. The van der Waals surface area contributed by atoms with Gasteiger partial charge >= 0.3 is 0 Å². The molecule has 0 saturated heterocycles. The molecular formula is C11H18N4O4. The zero-order chi connectivity index (χ0) is 14.3. The first-order chi connectivity index (χ1) is 9.08. The van der Waals surface area contributed by atoms with Crippen LogP contribution < -0.4 is 10.6 Å². The number of nitrogen functional groups attached to an aromatic ring is 1. The van der Waals surface area contributed by atoms with Gasteiger partial charge in [0, 0.05) is 27.3 Å². The van der Waals surface area contributed by atoms with Gasteiger partial charge in [0.25, 0.3) is 5.69 Å². The molecule has 0 amide bonds. The number of aromatic nitrogens is 1. The molecule has 2 N–H and O–H groups in total. The third-order valence-electron chi connectivity index (χ3n) is 2.48. The molecule has 8 nitrogen and oxygen atoms in total. The van der Waals surface area contributed by atoms with Gasteiger partial charge in [-0.2, -0.15) is 0 Å². The number of ether oxygens (including phenoxy) is 2. The molecular weight excluding hydrogens is 252 g/mol. The van der Waals surface area contributed by atoms with Crippen molar-refractivity contribution in [2.24, 2.45) is 0 Å². The average Bonchev–Trinajstić information content (AvgIpc) is 2.38. The first kappa shape index (κ1) is 15.1. The van der Waals surface area contributed by atoms with Crippen LogP contribution >= 0.6 is 0 Å². The minimum atomic E-state index is -0.494. The van der Waals surface area contributed by atoms with Crippen LogP contribution in [0.25, 0.3) is 0 Å². The summed E-state index contributed by atoms with van der Waals surface area (Å²) in [4.78, 5) is 16.3. The van der Waals surface area contributed by atoms with Crippen LogP contribution in [-0.4, -0.2) is 50.4 Å². The van der Waals surface area contributed by atoms with Crippen molar-refractivity contribution in [2.45, 2.75) is 0 Å². The molecule has 0 fully saturated rings. The Kier molecular flexibility index (Phi) is 5.97. The van der Waals surface area contributed by atoms with Crippen LogP contribution in [0, 0.1) is 10.1 Å². The van der Waals surface area contributed by atoms with E-state index in [-0.39, 0.29) is 11.5 Å². The highest BCUT2D eigenvalue weighted by molar-refractivity contribution is 5.54. The molecule has 0 aliphatic rings. The van der Waals surface area contributed by atoms with Crippen molar-refractivity contribution in [3.8, 4) is 0 Å². The first-order valence-corrected chi connectivity index (χ1v) is 5.73. The van der Waals surface area contributed by atoms with E-state index in [0.29, 0.717) is 32.1 Å². The summed E-state index contributed by atoms with van der Waals surface area (Å²) in [6, 6.07) is 2.62. The molecule has 1 aromatic heterocycles. The summed E-state index contributed by atoms with van der Waals surface area (Å²) in [7, 11) is 3.17. The van der Waals surface area contributed by atoms with Crippen molar-refractivity contribution in [1.29, 1.82) is 0 Å². The minimum absolute atomic E-state index is 0.0812. The lowest BCUT2D eigenvalue weighted by molar-refractivity contribution is -0.384. The van der Waals surface area contributed by atoms with Crippen LogP contribution in [0.2, 0.25) is 0 Å². The van der Waals surface area contributed by atoms with Crippen LogP contribution in [0.1, 0.15) is 0 Å². The van der Waals surface area contributed by atoms with Crippen molar-refractivity contribution >= 4 is 17.3 Å². The molecule has 0 spiro atoms. The van der Waals surface area contributed by atoms with Crippen molar-refractivity contribution in [3.05, 3.63) is 22.2 Å². The molecule has 8 heteroatoms. The normalized spacial score (nSPS) is 10.4. The Bertz CT molecular complexity index is 419. The fourth-order valence-corrected chi connectivity index (χ4v) is 1.53. The second-order valence-electron chi connectivity index (χ2n) is 3.84. The molecule has 0 radical (unpaired) electrons. The molecule has 1 heterocycles. The molecule has 19 heavy (non-hydrogen) atoms. The van der Waals surface area contributed by atoms with Crippen molar-refractivity contribution in [3.63, 3.8) is 0 Å². The van der Waals surface area contributed by atoms with Crippen LogP contribution in [0.4, 0.5) is 17.3 Å². The van der Waals surface area contributed by atoms with Gasteiger partial charge in [-0.15, -0.1) is 0 Å². The Morgan fingerprint density at radius 3 is 2.37 bits per heavy atom. The number of rotatable bonds is 8. The van der Waals surface area contributed by atoms with Gasteiger partial charge in [0.1, 0.15) is 11.6 Å². The number of hydrogen-bond donors (Lipinski definition) is 1. The first-order valence-electron chi connectivity index (χ1n) is 5.73. The van der Waals surface area contributed by atoms with E-state index in [1.54, 1.807) is 14.2 Å². The highest BCUT2D eigenvalue weighted by Crippen LogP contribution is 2.21. The van der Waals surface area contributed by atoms with Gasteiger partial charge in [0.2, 0.25) is 0 Å².